The van der Waals surface area contributed by atoms with Crippen molar-refractivity contribution in [1.82, 2.24) is 0 Å². The third-order valence-electron chi connectivity index (χ3n) is 21.9. The Labute approximate surface area is 463 Å². The predicted molar refractivity (Wildman–Crippen MR) is 274 cm³/mol. The number of carbonyl (C=O) groups is 1. The number of hydrogen-bond acceptors (Lipinski definition) is 19. The van der Waals surface area contributed by atoms with Gasteiger partial charge in [-0.05, 0) is 73.8 Å². The molecule has 3 spiro atoms. The fraction of sp³-hybridized carbons (Fsp3) is 0.917. The molecule has 16 heterocycles. The Bertz CT molecular complexity index is 2340. The zero-order valence-electron chi connectivity index (χ0n) is 46.5. The Hall–Kier alpha value is -1.73. The number of hydrogen-bond donors (Lipinski definition) is 3. The summed E-state index contributed by atoms with van der Waals surface area (Å²) in [5.74, 6) is -2.77. The predicted octanol–water partition coefficient (Wildman–Crippen LogP) is 4.93. The van der Waals surface area contributed by atoms with Crippen LogP contribution in [0.25, 0.3) is 0 Å². The summed E-state index contributed by atoms with van der Waals surface area (Å²) in [6.45, 7) is 17.4. The lowest BCUT2D eigenvalue weighted by atomic mass is 9.79. The van der Waals surface area contributed by atoms with Crippen LogP contribution in [0.15, 0.2) is 24.3 Å². The molecule has 0 saturated carbocycles. The Morgan fingerprint density at radius 1 is 0.506 bits per heavy atom. The van der Waals surface area contributed by atoms with Crippen molar-refractivity contribution >= 4 is 5.97 Å². The van der Waals surface area contributed by atoms with Gasteiger partial charge in [0.1, 0.15) is 36.6 Å². The number of rotatable bonds is 4. The molecule has 16 aliphatic heterocycles. The molecule has 0 aromatic carbocycles. The van der Waals surface area contributed by atoms with Gasteiger partial charge in [-0.2, -0.15) is 0 Å². The Kier molecular flexibility index (Phi) is 13.8. The number of aliphatic hydroxyl groups excluding tert-OH is 3. The van der Waals surface area contributed by atoms with Crippen molar-refractivity contribution in [2.24, 2.45) is 23.7 Å². The van der Waals surface area contributed by atoms with E-state index in [0.717, 1.165) is 49.7 Å². The molecule has 32 atom stereocenters. The lowest BCUT2D eigenvalue weighted by Gasteiger charge is -2.50. The molecule has 0 amide bonds. The van der Waals surface area contributed by atoms with E-state index in [4.69, 9.17) is 71.1 Å². The molecule has 79 heavy (non-hydrogen) atoms. The zero-order chi connectivity index (χ0) is 54.0. The summed E-state index contributed by atoms with van der Waals surface area (Å²) in [6.07, 6.45) is 2.17. The normalized spacial score (nSPS) is 57.2. The molecule has 0 aliphatic carbocycles. The van der Waals surface area contributed by atoms with E-state index in [-0.39, 0.29) is 146 Å². The third-order valence-corrected chi connectivity index (χ3v) is 21.9. The van der Waals surface area contributed by atoms with Crippen LogP contribution in [0.2, 0.25) is 0 Å². The van der Waals surface area contributed by atoms with E-state index in [1.54, 1.807) is 0 Å². The molecule has 440 valence electrons. The Morgan fingerprint density at radius 3 is 2.03 bits per heavy atom. The van der Waals surface area contributed by atoms with Gasteiger partial charge in [0.15, 0.2) is 17.4 Å². The van der Waals surface area contributed by atoms with E-state index in [1.165, 1.54) is 0 Å². The Morgan fingerprint density at radius 2 is 1.18 bits per heavy atom. The van der Waals surface area contributed by atoms with Crippen LogP contribution in [-0.2, 0) is 75.8 Å². The number of carbonyl (C=O) groups excluding carboxylic acids is 1. The highest BCUT2D eigenvalue weighted by atomic mass is 16.8. The monoisotopic (exact) mass is 1110 g/mol. The van der Waals surface area contributed by atoms with E-state index in [9.17, 15) is 20.1 Å². The maximum absolute atomic E-state index is 14.6. The maximum atomic E-state index is 14.6. The highest BCUT2D eigenvalue weighted by Crippen LogP contribution is 2.58. The second kappa shape index (κ2) is 20.2. The number of esters is 1. The average Bonchev–Trinajstić information content (AvgIpc) is 4.25. The summed E-state index contributed by atoms with van der Waals surface area (Å²) in [5.41, 5.74) is 2.15. The quantitative estimate of drug-likeness (QED) is 0.251. The maximum Gasteiger partial charge on any atom is 0.308 e. The smallest absolute Gasteiger partial charge is 0.308 e. The molecule has 16 fully saturated rings. The molecule has 16 aliphatic rings. The summed E-state index contributed by atoms with van der Waals surface area (Å²) in [4.78, 5) is 14.6. The molecule has 16 saturated heterocycles. The SMILES string of the molecule is C=C1CC2CC[C@@]34C[C@H]5O[C@H]6C(O3)[C@H]3O[C@H](CC[C@@H]3O[C@H]6C5O4)CC(=O)O[C@@H]3[C@@H](C)[C@@H]4O[C@@H]5C[C@]6(C[C@@H]7OC8(C[C@H](C)[C@@H]9O[C@H]([C@@H](O)C[C@@H](O)CO)C[C@@H]9O8)C[C@H](C)[C@@H]7O6)OC5C[C@@H]4O[C@H]3CC3O[C@@H](CCC1O2)C[C@@H](C)C3=C. The fourth-order valence-corrected chi connectivity index (χ4v) is 18.2. The van der Waals surface area contributed by atoms with Crippen LogP contribution >= 0.6 is 0 Å². The van der Waals surface area contributed by atoms with Crippen LogP contribution in [-0.4, -0.2) is 198 Å². The van der Waals surface area contributed by atoms with Crippen LogP contribution in [0.4, 0.5) is 0 Å². The van der Waals surface area contributed by atoms with Gasteiger partial charge in [0.25, 0.3) is 0 Å². The van der Waals surface area contributed by atoms with E-state index in [2.05, 4.69) is 40.9 Å². The van der Waals surface area contributed by atoms with Gasteiger partial charge in [0.2, 0.25) is 0 Å². The number of fused-ring (bicyclic) bond motifs is 10. The van der Waals surface area contributed by atoms with Crippen molar-refractivity contribution in [2.75, 3.05) is 6.61 Å². The standard InChI is InChI=1S/C60H86O19/c1-26-13-33-7-9-37-27(2)14-35(65-37)11-12-58-23-46-54(78-58)55-56(72-46)57(79-58)53-38(69-55)10-8-34(67-53)16-48(64)73-52-31(6)51-43(68-42(52)17-39(66-33)30(26)5)19-41-45(71-51)22-60(74-41)24-47-50(77-60)29(4)21-59(76-47)20-28(3)49-44(75-59)18-40(70-49)36(63)15-32(62)25-61/h26,28-29,31-47,49-57,61-63H,2,5,7-25H2,1,3-4,6H3/t26-,28+,29+,31+,32-,33+,34-,35?,36+,37?,38+,39?,40+,41?,42+,43+,44+,45-,46-,47+,49+,50+,51+,52-,53+,54?,55+,56-,57?,58+,59?,60+/m1/s1. The second-order valence-electron chi connectivity index (χ2n) is 27.5. The molecule has 0 aromatic rings. The van der Waals surface area contributed by atoms with Gasteiger partial charge < -0.3 is 86.4 Å². The zero-order valence-corrected chi connectivity index (χ0v) is 46.5. The summed E-state index contributed by atoms with van der Waals surface area (Å²) in [5, 5.41) is 30.3. The summed E-state index contributed by atoms with van der Waals surface area (Å²) < 4.78 is 104. The summed E-state index contributed by atoms with van der Waals surface area (Å²) >= 11 is 0. The lowest BCUT2D eigenvalue weighted by Crippen LogP contribution is -2.62. The fourth-order valence-electron chi connectivity index (χ4n) is 18.2. The van der Waals surface area contributed by atoms with Crippen LogP contribution in [0.5, 0.6) is 0 Å². The number of aliphatic hydroxyl groups is 3. The molecule has 16 rings (SSSR count). The van der Waals surface area contributed by atoms with Crippen LogP contribution < -0.4 is 0 Å². The van der Waals surface area contributed by atoms with Gasteiger partial charge in [-0.25, -0.2) is 0 Å². The van der Waals surface area contributed by atoms with E-state index < -0.39 is 72.8 Å². The van der Waals surface area contributed by atoms with Crippen molar-refractivity contribution in [3.63, 3.8) is 0 Å². The molecule has 0 radical (unpaired) electrons. The van der Waals surface area contributed by atoms with Crippen molar-refractivity contribution in [2.45, 2.75) is 313 Å². The van der Waals surface area contributed by atoms with E-state index >= 15 is 0 Å². The minimum absolute atomic E-state index is 0.0143. The van der Waals surface area contributed by atoms with Gasteiger partial charge in [-0.1, -0.05) is 40.9 Å². The Balaban J connectivity index is 0.655. The van der Waals surface area contributed by atoms with E-state index in [0.29, 0.717) is 64.2 Å². The van der Waals surface area contributed by atoms with Gasteiger partial charge in [0.05, 0.1) is 129 Å². The first-order valence-corrected chi connectivity index (χ1v) is 30.8. The summed E-state index contributed by atoms with van der Waals surface area (Å²) in [7, 11) is 0. The molecule has 19 heteroatoms. The first-order valence-electron chi connectivity index (χ1n) is 30.8. The van der Waals surface area contributed by atoms with Crippen molar-refractivity contribution in [1.29, 1.82) is 0 Å². The van der Waals surface area contributed by atoms with Gasteiger partial charge in [-0.15, -0.1) is 0 Å². The van der Waals surface area contributed by atoms with Crippen LogP contribution in [0, 0.1) is 23.7 Å². The highest BCUT2D eigenvalue weighted by molar-refractivity contribution is 5.70. The van der Waals surface area contributed by atoms with Crippen LogP contribution in [0.1, 0.15) is 143 Å². The molecule has 12 bridgehead atoms. The molecule has 0 aromatic heterocycles. The van der Waals surface area contributed by atoms with Gasteiger partial charge >= 0.3 is 5.97 Å². The average molecular weight is 1110 g/mol. The second-order valence-corrected chi connectivity index (χ2v) is 27.5. The first kappa shape index (κ1) is 54.0. The van der Waals surface area contributed by atoms with Crippen LogP contribution in [0.3, 0.4) is 0 Å². The number of ether oxygens (including phenoxy) is 15. The van der Waals surface area contributed by atoms with Gasteiger partial charge in [0, 0.05) is 70.1 Å². The topological polar surface area (TPSA) is 216 Å². The largest absolute Gasteiger partial charge is 0.459 e. The minimum Gasteiger partial charge on any atom is -0.459 e. The van der Waals surface area contributed by atoms with Crippen molar-refractivity contribution < 1.29 is 91.2 Å². The van der Waals surface area contributed by atoms with Crippen molar-refractivity contribution in [3.05, 3.63) is 24.3 Å². The van der Waals surface area contributed by atoms with Crippen molar-refractivity contribution in [3.8, 4) is 0 Å². The molecule has 19 nitrogen and oxygen atoms in total. The third kappa shape index (κ3) is 9.43. The van der Waals surface area contributed by atoms with E-state index in [1.807, 2.05) is 0 Å². The summed E-state index contributed by atoms with van der Waals surface area (Å²) in [6, 6.07) is 0. The minimum atomic E-state index is -1.02. The highest BCUT2D eigenvalue weighted by Gasteiger charge is 2.70. The molecule has 3 N–H and O–H groups in total. The lowest BCUT2D eigenvalue weighted by molar-refractivity contribution is -0.347. The molecular weight excluding hydrogens is 1020 g/mol. The van der Waals surface area contributed by atoms with Gasteiger partial charge in [-0.3, -0.25) is 4.79 Å². The first-order chi connectivity index (χ1) is 38.0. The molecular formula is C60H86O19. The molecule has 7 unspecified atom stereocenters.